The fraction of sp³-hybridized carbons (Fsp3) is 0.316. The normalized spacial score (nSPS) is 16.4. The number of aromatic nitrogens is 5. The van der Waals surface area contributed by atoms with Crippen molar-refractivity contribution in [1.82, 2.24) is 29.2 Å². The van der Waals surface area contributed by atoms with Crippen LogP contribution in [-0.4, -0.2) is 55.4 Å². The Bertz CT molecular complexity index is 1110. The molecular formula is C19H20FN7. The molecule has 0 aromatic carbocycles. The maximum atomic E-state index is 13.8. The molecule has 1 fully saturated rings. The van der Waals surface area contributed by atoms with Gasteiger partial charge in [-0.25, -0.2) is 9.97 Å². The van der Waals surface area contributed by atoms with Gasteiger partial charge in [0, 0.05) is 41.1 Å². The molecule has 0 bridgehead atoms. The number of pyridine rings is 1. The van der Waals surface area contributed by atoms with Crippen LogP contribution in [-0.2, 0) is 0 Å². The minimum absolute atomic E-state index is 0.382. The molecule has 27 heavy (non-hydrogen) atoms. The second kappa shape index (κ2) is 6.31. The number of imidazole rings is 1. The molecule has 4 aromatic rings. The molecule has 0 amide bonds. The van der Waals surface area contributed by atoms with Gasteiger partial charge < -0.3 is 15.2 Å². The molecule has 4 aromatic heterocycles. The van der Waals surface area contributed by atoms with Gasteiger partial charge in [-0.05, 0) is 45.1 Å². The largest absolute Gasteiger partial charge is 0.351 e. The quantitative estimate of drug-likeness (QED) is 0.584. The van der Waals surface area contributed by atoms with E-state index >= 15 is 0 Å². The van der Waals surface area contributed by atoms with Crippen molar-refractivity contribution in [3.8, 4) is 11.1 Å². The van der Waals surface area contributed by atoms with Gasteiger partial charge in [0.1, 0.15) is 11.3 Å². The van der Waals surface area contributed by atoms with Gasteiger partial charge in [0.2, 0.25) is 11.9 Å². The molecule has 0 atom stereocenters. The molecule has 0 spiro atoms. The van der Waals surface area contributed by atoms with Gasteiger partial charge in [-0.2, -0.15) is 9.37 Å². The summed E-state index contributed by atoms with van der Waals surface area (Å²) in [6, 6.07) is 4.13. The fourth-order valence-electron chi connectivity index (χ4n) is 3.66. The van der Waals surface area contributed by atoms with Crippen molar-refractivity contribution < 1.29 is 4.39 Å². The number of halogens is 1. The minimum Gasteiger partial charge on any atom is -0.351 e. The Morgan fingerprint density at radius 3 is 2.89 bits per heavy atom. The van der Waals surface area contributed by atoms with Crippen LogP contribution in [0.25, 0.3) is 27.8 Å². The van der Waals surface area contributed by atoms with Crippen LogP contribution in [0.4, 0.5) is 10.3 Å². The van der Waals surface area contributed by atoms with Crippen LogP contribution in [0, 0.1) is 5.95 Å². The summed E-state index contributed by atoms with van der Waals surface area (Å²) in [5.41, 5.74) is 3.16. The number of hydrogen-bond donors (Lipinski definition) is 2. The molecule has 5 heterocycles. The average Bonchev–Trinajstić information content (AvgIpc) is 3.27. The first-order valence-corrected chi connectivity index (χ1v) is 9.09. The van der Waals surface area contributed by atoms with E-state index in [1.54, 1.807) is 12.3 Å². The molecule has 0 aliphatic carbocycles. The van der Waals surface area contributed by atoms with Crippen LogP contribution < -0.4 is 5.32 Å². The summed E-state index contributed by atoms with van der Waals surface area (Å²) in [7, 11) is 2.15. The average molecular weight is 365 g/mol. The highest BCUT2D eigenvalue weighted by molar-refractivity contribution is 5.93. The lowest BCUT2D eigenvalue weighted by Gasteiger charge is -2.29. The van der Waals surface area contributed by atoms with Crippen LogP contribution in [0.5, 0.6) is 0 Å². The number of H-pyrrole nitrogens is 1. The Kier molecular flexibility index (Phi) is 3.78. The Morgan fingerprint density at radius 1 is 1.19 bits per heavy atom. The Hall–Kier alpha value is -3.00. The maximum Gasteiger partial charge on any atom is 0.224 e. The van der Waals surface area contributed by atoms with Crippen molar-refractivity contribution in [2.24, 2.45) is 0 Å². The van der Waals surface area contributed by atoms with Crippen LogP contribution >= 0.6 is 0 Å². The molecule has 1 aliphatic rings. The van der Waals surface area contributed by atoms with E-state index in [0.717, 1.165) is 48.1 Å². The smallest absolute Gasteiger partial charge is 0.224 e. The SMILES string of the molecule is CN1CCC(Nc2ncc3c(-c4ccc5ncc(F)n5c4)c[nH]c3n2)CC1. The van der Waals surface area contributed by atoms with E-state index in [4.69, 9.17) is 0 Å². The first-order chi connectivity index (χ1) is 13.2. The first kappa shape index (κ1) is 16.2. The van der Waals surface area contributed by atoms with E-state index in [0.29, 0.717) is 17.6 Å². The van der Waals surface area contributed by atoms with E-state index < -0.39 is 0 Å². The summed E-state index contributed by atoms with van der Waals surface area (Å²) in [6.07, 6.45) is 8.84. The van der Waals surface area contributed by atoms with Crippen LogP contribution in [0.3, 0.4) is 0 Å². The van der Waals surface area contributed by atoms with E-state index in [9.17, 15) is 4.39 Å². The lowest BCUT2D eigenvalue weighted by atomic mass is 10.1. The number of anilines is 1. The summed E-state index contributed by atoms with van der Waals surface area (Å²) in [4.78, 5) is 18.7. The number of rotatable bonds is 3. The van der Waals surface area contributed by atoms with E-state index in [2.05, 4.69) is 37.2 Å². The molecule has 1 aliphatic heterocycles. The first-order valence-electron chi connectivity index (χ1n) is 9.09. The zero-order valence-electron chi connectivity index (χ0n) is 15.0. The van der Waals surface area contributed by atoms with Gasteiger partial charge in [-0.1, -0.05) is 0 Å². The molecular weight excluding hydrogens is 345 g/mol. The number of nitrogens with zero attached hydrogens (tertiary/aromatic N) is 5. The van der Waals surface area contributed by atoms with Crippen LogP contribution in [0.15, 0.2) is 36.9 Å². The minimum atomic E-state index is -0.382. The van der Waals surface area contributed by atoms with Gasteiger partial charge in [0.05, 0.1) is 6.20 Å². The Labute approximate surface area is 155 Å². The Morgan fingerprint density at radius 2 is 2.04 bits per heavy atom. The van der Waals surface area contributed by atoms with Crippen molar-refractivity contribution in [3.63, 3.8) is 0 Å². The topological polar surface area (TPSA) is 74.1 Å². The van der Waals surface area contributed by atoms with Gasteiger partial charge in [0.25, 0.3) is 0 Å². The standard InChI is InChI=1S/C19H20FN7/c1-26-6-4-13(5-7-26)24-19-23-9-15-14(8-22-18(15)25-19)12-2-3-17-21-10-16(20)27(17)11-12/h2-3,8-11,13H,4-7H2,1H3,(H2,22,23,24,25). The highest BCUT2D eigenvalue weighted by atomic mass is 19.1. The zero-order valence-corrected chi connectivity index (χ0v) is 15.0. The van der Waals surface area contributed by atoms with Crippen molar-refractivity contribution in [2.75, 3.05) is 25.5 Å². The zero-order chi connectivity index (χ0) is 18.4. The lowest BCUT2D eigenvalue weighted by Crippen LogP contribution is -2.37. The number of nitrogens with one attached hydrogen (secondary N) is 2. The van der Waals surface area contributed by atoms with E-state index in [1.165, 1.54) is 10.6 Å². The van der Waals surface area contributed by atoms with E-state index in [-0.39, 0.29) is 5.95 Å². The van der Waals surface area contributed by atoms with Gasteiger partial charge in [-0.3, -0.25) is 4.40 Å². The molecule has 0 unspecified atom stereocenters. The monoisotopic (exact) mass is 365 g/mol. The second-order valence-electron chi connectivity index (χ2n) is 7.11. The van der Waals surface area contributed by atoms with Crippen molar-refractivity contribution in [1.29, 1.82) is 0 Å². The summed E-state index contributed by atoms with van der Waals surface area (Å²) in [5, 5.41) is 4.35. The molecule has 138 valence electrons. The van der Waals surface area contributed by atoms with Crippen molar-refractivity contribution in [2.45, 2.75) is 18.9 Å². The molecule has 7 nitrogen and oxygen atoms in total. The molecule has 5 rings (SSSR count). The lowest BCUT2D eigenvalue weighted by molar-refractivity contribution is 0.263. The predicted molar refractivity (Wildman–Crippen MR) is 102 cm³/mol. The molecule has 2 N–H and O–H groups in total. The van der Waals surface area contributed by atoms with Crippen molar-refractivity contribution >= 4 is 22.6 Å². The van der Waals surface area contributed by atoms with Crippen LogP contribution in [0.2, 0.25) is 0 Å². The number of hydrogen-bond acceptors (Lipinski definition) is 5. The van der Waals surface area contributed by atoms with Gasteiger partial charge >= 0.3 is 0 Å². The molecule has 0 radical (unpaired) electrons. The second-order valence-corrected chi connectivity index (χ2v) is 7.11. The van der Waals surface area contributed by atoms with E-state index in [1.807, 2.05) is 18.5 Å². The molecule has 8 heteroatoms. The summed E-state index contributed by atoms with van der Waals surface area (Å²) < 4.78 is 15.3. The van der Waals surface area contributed by atoms with Gasteiger partial charge in [-0.15, -0.1) is 0 Å². The molecule has 0 saturated carbocycles. The van der Waals surface area contributed by atoms with Crippen LogP contribution in [0.1, 0.15) is 12.8 Å². The number of likely N-dealkylation sites (tertiary alicyclic amines) is 1. The third-order valence-corrected chi connectivity index (χ3v) is 5.26. The Balaban J connectivity index is 1.45. The number of aromatic amines is 1. The van der Waals surface area contributed by atoms with Gasteiger partial charge in [0.15, 0.2) is 0 Å². The van der Waals surface area contributed by atoms with Crippen molar-refractivity contribution in [3.05, 3.63) is 42.9 Å². The predicted octanol–water partition coefficient (Wildman–Crippen LogP) is 2.92. The highest BCUT2D eigenvalue weighted by Crippen LogP contribution is 2.28. The summed E-state index contributed by atoms with van der Waals surface area (Å²) >= 11 is 0. The third-order valence-electron chi connectivity index (χ3n) is 5.26. The highest BCUT2D eigenvalue weighted by Gasteiger charge is 2.18. The number of fused-ring (bicyclic) bond motifs is 2. The number of piperidine rings is 1. The molecule has 1 saturated heterocycles. The third kappa shape index (κ3) is 2.91. The maximum absolute atomic E-state index is 13.8. The fourth-order valence-corrected chi connectivity index (χ4v) is 3.66. The summed E-state index contributed by atoms with van der Waals surface area (Å²) in [6.45, 7) is 2.17. The summed E-state index contributed by atoms with van der Waals surface area (Å²) in [5.74, 6) is 0.258.